The van der Waals surface area contributed by atoms with E-state index in [0.29, 0.717) is 0 Å². The van der Waals surface area contributed by atoms with E-state index < -0.39 is 6.43 Å². The van der Waals surface area contributed by atoms with Crippen molar-refractivity contribution in [1.82, 2.24) is 10.2 Å². The molecule has 1 fully saturated rings. The first kappa shape index (κ1) is 16.3. The average molecular weight is 291 g/mol. The van der Waals surface area contributed by atoms with E-state index in [9.17, 15) is 8.78 Å². The molecule has 1 N–H and O–H groups in total. The Morgan fingerprint density at radius 3 is 2.26 bits per heavy atom. The van der Waals surface area contributed by atoms with Crippen LogP contribution in [-0.4, -0.2) is 37.5 Å². The molecule has 2 rings (SSSR count). The number of rotatable bonds is 4. The smallest absolute Gasteiger partial charge is 0.240 e. The monoisotopic (exact) mass is 290 g/mol. The van der Waals surface area contributed by atoms with E-state index in [2.05, 4.69) is 10.2 Å². The molecule has 108 valence electrons. The maximum absolute atomic E-state index is 12.8. The summed E-state index contributed by atoms with van der Waals surface area (Å²) in [4.78, 5) is 2.16. The number of aryl methyl sites for hydroxylation is 1. The van der Waals surface area contributed by atoms with Gasteiger partial charge in [0.15, 0.2) is 0 Å². The lowest BCUT2D eigenvalue weighted by atomic mass is 10.00. The first-order chi connectivity index (χ1) is 8.66. The predicted molar refractivity (Wildman–Crippen MR) is 76.2 cm³/mol. The van der Waals surface area contributed by atoms with Crippen molar-refractivity contribution >= 4 is 12.4 Å². The van der Waals surface area contributed by atoms with E-state index in [1.807, 2.05) is 31.2 Å². The van der Waals surface area contributed by atoms with Gasteiger partial charge in [-0.1, -0.05) is 29.8 Å². The minimum Gasteiger partial charge on any atom is -0.314 e. The molecular weight excluding hydrogens is 270 g/mol. The van der Waals surface area contributed by atoms with E-state index in [4.69, 9.17) is 0 Å². The highest BCUT2D eigenvalue weighted by Gasteiger charge is 2.25. The molecule has 0 aromatic heterocycles. The second kappa shape index (κ2) is 7.78. The molecule has 5 heteroatoms. The Morgan fingerprint density at radius 2 is 1.74 bits per heavy atom. The van der Waals surface area contributed by atoms with Gasteiger partial charge in [0.1, 0.15) is 0 Å². The van der Waals surface area contributed by atoms with Gasteiger partial charge in [0.25, 0.3) is 0 Å². The standard InChI is InChI=1S/C14H20F2N2.ClH/c1-11-2-4-12(5-3-11)13(10-14(15)16)18-8-6-17-7-9-18;/h2-5,13-14,17H,6-10H2,1H3;1H/t13-;/m0./s1. The number of hydrogen-bond donors (Lipinski definition) is 1. The van der Waals surface area contributed by atoms with E-state index in [0.717, 1.165) is 37.3 Å². The van der Waals surface area contributed by atoms with Gasteiger partial charge in [-0.2, -0.15) is 0 Å². The third-order valence-electron chi connectivity index (χ3n) is 3.46. The molecule has 1 aliphatic rings. The van der Waals surface area contributed by atoms with E-state index in [1.54, 1.807) is 0 Å². The molecule has 0 aliphatic carbocycles. The van der Waals surface area contributed by atoms with Crippen molar-refractivity contribution in [3.05, 3.63) is 35.4 Å². The van der Waals surface area contributed by atoms with E-state index >= 15 is 0 Å². The molecule has 0 saturated carbocycles. The molecule has 1 aromatic carbocycles. The van der Waals surface area contributed by atoms with Crippen LogP contribution in [0.1, 0.15) is 23.6 Å². The minimum absolute atomic E-state index is 0. The summed E-state index contributed by atoms with van der Waals surface area (Å²) in [5.41, 5.74) is 2.16. The van der Waals surface area contributed by atoms with Gasteiger partial charge in [0, 0.05) is 38.6 Å². The number of nitrogens with one attached hydrogen (secondary N) is 1. The third-order valence-corrected chi connectivity index (χ3v) is 3.46. The zero-order chi connectivity index (χ0) is 13.0. The van der Waals surface area contributed by atoms with Crippen LogP contribution in [0.3, 0.4) is 0 Å². The van der Waals surface area contributed by atoms with Gasteiger partial charge in [-0.05, 0) is 12.5 Å². The Bertz CT molecular complexity index is 364. The summed E-state index contributed by atoms with van der Waals surface area (Å²) >= 11 is 0. The molecule has 0 spiro atoms. The highest BCUT2D eigenvalue weighted by molar-refractivity contribution is 5.85. The molecule has 1 atom stereocenters. The number of alkyl halides is 2. The number of benzene rings is 1. The highest BCUT2D eigenvalue weighted by Crippen LogP contribution is 2.27. The van der Waals surface area contributed by atoms with Crippen molar-refractivity contribution in [2.75, 3.05) is 26.2 Å². The lowest BCUT2D eigenvalue weighted by Crippen LogP contribution is -2.45. The summed E-state index contributed by atoms with van der Waals surface area (Å²) in [6.45, 7) is 5.45. The summed E-state index contributed by atoms with van der Waals surface area (Å²) in [5, 5.41) is 3.25. The number of nitrogens with zero attached hydrogens (tertiary/aromatic N) is 1. The van der Waals surface area contributed by atoms with Gasteiger partial charge in [-0.15, -0.1) is 12.4 Å². The fourth-order valence-corrected chi connectivity index (χ4v) is 2.45. The number of piperazine rings is 1. The summed E-state index contributed by atoms with van der Waals surface area (Å²) in [6.07, 6.45) is -2.34. The Labute approximate surface area is 119 Å². The topological polar surface area (TPSA) is 15.3 Å². The van der Waals surface area contributed by atoms with Gasteiger partial charge in [0.05, 0.1) is 0 Å². The number of halogens is 3. The van der Waals surface area contributed by atoms with Crippen molar-refractivity contribution in [3.63, 3.8) is 0 Å². The fraction of sp³-hybridized carbons (Fsp3) is 0.571. The van der Waals surface area contributed by atoms with Gasteiger partial charge in [0.2, 0.25) is 6.43 Å². The lowest BCUT2D eigenvalue weighted by Gasteiger charge is -2.35. The van der Waals surface area contributed by atoms with Crippen molar-refractivity contribution in [2.24, 2.45) is 0 Å². The molecule has 2 nitrogen and oxygen atoms in total. The molecule has 1 aliphatic heterocycles. The zero-order valence-corrected chi connectivity index (χ0v) is 11.9. The van der Waals surface area contributed by atoms with Crippen LogP contribution in [0.4, 0.5) is 8.78 Å². The van der Waals surface area contributed by atoms with Crippen LogP contribution in [0.25, 0.3) is 0 Å². The van der Waals surface area contributed by atoms with Crippen molar-refractivity contribution < 1.29 is 8.78 Å². The second-order valence-electron chi connectivity index (χ2n) is 4.84. The van der Waals surface area contributed by atoms with Crippen LogP contribution in [0, 0.1) is 6.92 Å². The van der Waals surface area contributed by atoms with Crippen molar-refractivity contribution in [1.29, 1.82) is 0 Å². The fourth-order valence-electron chi connectivity index (χ4n) is 2.45. The second-order valence-corrected chi connectivity index (χ2v) is 4.84. The van der Waals surface area contributed by atoms with Crippen LogP contribution < -0.4 is 5.32 Å². The Morgan fingerprint density at radius 1 is 1.16 bits per heavy atom. The van der Waals surface area contributed by atoms with Crippen LogP contribution in [0.15, 0.2) is 24.3 Å². The van der Waals surface area contributed by atoms with E-state index in [-0.39, 0.29) is 24.9 Å². The Balaban J connectivity index is 0.00000180. The first-order valence-electron chi connectivity index (χ1n) is 6.46. The normalized spacial score (nSPS) is 18.1. The molecule has 0 radical (unpaired) electrons. The van der Waals surface area contributed by atoms with Gasteiger partial charge in [-0.3, -0.25) is 4.90 Å². The lowest BCUT2D eigenvalue weighted by molar-refractivity contribution is 0.0739. The molecule has 0 amide bonds. The van der Waals surface area contributed by atoms with Crippen LogP contribution in [0.2, 0.25) is 0 Å². The SMILES string of the molecule is Cc1ccc([C@H](CC(F)F)N2CCNCC2)cc1.Cl. The number of hydrogen-bond acceptors (Lipinski definition) is 2. The molecular formula is C14H21ClF2N2. The zero-order valence-electron chi connectivity index (χ0n) is 11.1. The Hall–Kier alpha value is -0.710. The van der Waals surface area contributed by atoms with Crippen molar-refractivity contribution in [3.8, 4) is 0 Å². The largest absolute Gasteiger partial charge is 0.314 e. The van der Waals surface area contributed by atoms with Gasteiger partial charge >= 0.3 is 0 Å². The first-order valence-corrected chi connectivity index (χ1v) is 6.46. The maximum atomic E-state index is 12.8. The van der Waals surface area contributed by atoms with Crippen LogP contribution >= 0.6 is 12.4 Å². The van der Waals surface area contributed by atoms with Gasteiger partial charge < -0.3 is 5.32 Å². The third kappa shape index (κ3) is 4.71. The van der Waals surface area contributed by atoms with Crippen molar-refractivity contribution in [2.45, 2.75) is 25.8 Å². The minimum atomic E-state index is -2.26. The van der Waals surface area contributed by atoms with Crippen LogP contribution in [-0.2, 0) is 0 Å². The molecule has 1 heterocycles. The molecule has 0 bridgehead atoms. The molecule has 1 saturated heterocycles. The quantitative estimate of drug-likeness (QED) is 0.917. The summed E-state index contributed by atoms with van der Waals surface area (Å²) in [5.74, 6) is 0. The molecule has 0 unspecified atom stereocenters. The van der Waals surface area contributed by atoms with Crippen LogP contribution in [0.5, 0.6) is 0 Å². The average Bonchev–Trinajstić information content (AvgIpc) is 2.38. The molecule has 1 aromatic rings. The predicted octanol–water partition coefficient (Wildman–Crippen LogP) is 3.02. The Kier molecular flexibility index (Phi) is 6.69. The van der Waals surface area contributed by atoms with E-state index in [1.165, 1.54) is 0 Å². The summed E-state index contributed by atoms with van der Waals surface area (Å²) in [6, 6.07) is 7.79. The molecule has 19 heavy (non-hydrogen) atoms. The summed E-state index contributed by atoms with van der Waals surface area (Å²) in [7, 11) is 0. The highest BCUT2D eigenvalue weighted by atomic mass is 35.5. The van der Waals surface area contributed by atoms with Gasteiger partial charge in [-0.25, -0.2) is 8.78 Å². The maximum Gasteiger partial charge on any atom is 0.240 e. The summed E-state index contributed by atoms with van der Waals surface area (Å²) < 4.78 is 25.5.